The molecule has 192 valence electrons. The number of furan rings is 1. The lowest BCUT2D eigenvalue weighted by molar-refractivity contribution is -0.132. The van der Waals surface area contributed by atoms with Crippen molar-refractivity contribution in [3.63, 3.8) is 0 Å². The van der Waals surface area contributed by atoms with Crippen LogP contribution in [0.3, 0.4) is 0 Å². The van der Waals surface area contributed by atoms with E-state index in [1.54, 1.807) is 43.6 Å². The van der Waals surface area contributed by atoms with Crippen molar-refractivity contribution in [3.05, 3.63) is 83.6 Å². The fourth-order valence-electron chi connectivity index (χ4n) is 3.91. The number of hydrogen-bond acceptors (Lipinski definition) is 5. The smallest absolute Gasteiger partial charge is 0.254 e. The Morgan fingerprint density at radius 1 is 0.972 bits per heavy atom. The molecule has 0 aliphatic heterocycles. The van der Waals surface area contributed by atoms with Gasteiger partial charge in [-0.05, 0) is 60.4 Å². The first-order chi connectivity index (χ1) is 17.3. The van der Waals surface area contributed by atoms with Crippen molar-refractivity contribution in [2.75, 3.05) is 33.9 Å². The maximum Gasteiger partial charge on any atom is 0.254 e. The number of hydrogen-bond donors (Lipinski definition) is 0. The summed E-state index contributed by atoms with van der Waals surface area (Å²) in [7, 11) is 3.16. The van der Waals surface area contributed by atoms with Crippen molar-refractivity contribution in [1.82, 2.24) is 9.80 Å². The Morgan fingerprint density at radius 2 is 1.75 bits per heavy atom. The molecule has 2 aromatic carbocycles. The minimum absolute atomic E-state index is 0.125. The van der Waals surface area contributed by atoms with E-state index >= 15 is 0 Å². The number of nitrogens with zero attached hydrogens (tertiary/aromatic N) is 2. The minimum atomic E-state index is -0.494. The van der Waals surface area contributed by atoms with Gasteiger partial charge in [0.2, 0.25) is 5.91 Å². The van der Waals surface area contributed by atoms with Crippen molar-refractivity contribution in [1.29, 1.82) is 0 Å². The zero-order valence-corrected chi connectivity index (χ0v) is 21.2. The normalized spacial score (nSPS) is 10.8. The van der Waals surface area contributed by atoms with Gasteiger partial charge in [0.1, 0.15) is 18.1 Å². The van der Waals surface area contributed by atoms with Gasteiger partial charge in [0.15, 0.2) is 11.5 Å². The molecule has 0 aliphatic carbocycles. The average Bonchev–Trinajstić information content (AvgIpc) is 3.38. The molecule has 2 amide bonds. The predicted molar refractivity (Wildman–Crippen MR) is 135 cm³/mol. The van der Waals surface area contributed by atoms with Crippen LogP contribution in [0.2, 0.25) is 0 Å². The number of ether oxygens (including phenoxy) is 2. The summed E-state index contributed by atoms with van der Waals surface area (Å²) in [5.41, 5.74) is 1.19. The lowest BCUT2D eigenvalue weighted by Crippen LogP contribution is -2.44. The molecule has 0 radical (unpaired) electrons. The highest BCUT2D eigenvalue weighted by Gasteiger charge is 2.24. The number of benzene rings is 2. The molecule has 3 aromatic rings. The van der Waals surface area contributed by atoms with Gasteiger partial charge in [-0.25, -0.2) is 4.39 Å². The Bertz CT molecular complexity index is 1150. The van der Waals surface area contributed by atoms with E-state index in [4.69, 9.17) is 13.9 Å². The number of methoxy groups -OCH3 is 2. The second-order valence-electron chi connectivity index (χ2n) is 8.92. The van der Waals surface area contributed by atoms with Gasteiger partial charge in [-0.2, -0.15) is 0 Å². The van der Waals surface area contributed by atoms with Gasteiger partial charge in [0, 0.05) is 18.7 Å². The maximum atomic E-state index is 13.7. The molecule has 0 saturated carbocycles. The van der Waals surface area contributed by atoms with E-state index in [-0.39, 0.29) is 36.4 Å². The van der Waals surface area contributed by atoms with E-state index in [1.807, 2.05) is 32.0 Å². The van der Waals surface area contributed by atoms with Gasteiger partial charge in [0.25, 0.3) is 5.91 Å². The Hall–Kier alpha value is -3.81. The van der Waals surface area contributed by atoms with E-state index in [2.05, 4.69) is 0 Å². The third kappa shape index (κ3) is 7.34. The highest BCUT2D eigenvalue weighted by Crippen LogP contribution is 2.28. The Kier molecular flexibility index (Phi) is 9.50. The average molecular weight is 497 g/mol. The van der Waals surface area contributed by atoms with Gasteiger partial charge < -0.3 is 23.7 Å². The van der Waals surface area contributed by atoms with Gasteiger partial charge in [-0.15, -0.1) is 0 Å². The molecule has 0 atom stereocenters. The van der Waals surface area contributed by atoms with Crippen molar-refractivity contribution in [2.45, 2.75) is 26.8 Å². The second-order valence-corrected chi connectivity index (χ2v) is 8.92. The van der Waals surface area contributed by atoms with E-state index in [9.17, 15) is 14.0 Å². The van der Waals surface area contributed by atoms with Crippen LogP contribution in [-0.2, 0) is 17.8 Å². The molecule has 3 rings (SSSR count). The molecule has 7 nitrogen and oxygen atoms in total. The molecule has 0 bridgehead atoms. The summed E-state index contributed by atoms with van der Waals surface area (Å²) >= 11 is 0. The van der Waals surface area contributed by atoms with Crippen LogP contribution < -0.4 is 9.47 Å². The largest absolute Gasteiger partial charge is 0.493 e. The lowest BCUT2D eigenvalue weighted by atomic mass is 10.1. The maximum absolute atomic E-state index is 13.7. The molecule has 0 unspecified atom stereocenters. The van der Waals surface area contributed by atoms with E-state index in [0.717, 1.165) is 5.56 Å². The lowest BCUT2D eigenvalue weighted by Gasteiger charge is -2.28. The first-order valence-electron chi connectivity index (χ1n) is 11.9. The molecule has 0 saturated heterocycles. The van der Waals surface area contributed by atoms with E-state index in [1.165, 1.54) is 23.1 Å². The van der Waals surface area contributed by atoms with Crippen molar-refractivity contribution in [2.24, 2.45) is 5.92 Å². The van der Waals surface area contributed by atoms with Crippen LogP contribution in [0, 0.1) is 11.7 Å². The summed E-state index contributed by atoms with van der Waals surface area (Å²) in [5.74, 6) is 0.911. The fraction of sp³-hybridized carbons (Fsp3) is 0.357. The van der Waals surface area contributed by atoms with Crippen LogP contribution in [-0.4, -0.2) is 55.5 Å². The van der Waals surface area contributed by atoms with Crippen LogP contribution in [0.25, 0.3) is 0 Å². The molecule has 8 heteroatoms. The van der Waals surface area contributed by atoms with Gasteiger partial charge in [-0.1, -0.05) is 26.0 Å². The molecule has 0 spiro atoms. The highest BCUT2D eigenvalue weighted by molar-refractivity contribution is 5.96. The third-order valence-corrected chi connectivity index (χ3v) is 5.67. The van der Waals surface area contributed by atoms with Crippen LogP contribution in [0.15, 0.2) is 65.3 Å². The number of carbonyl (C=O) groups is 2. The standard InChI is InChI=1S/C28H33FN2O5/c1-20(2)17-31(28(33)22-7-5-8-23(29)16-22)19-27(32)30(18-24-9-6-14-36-24)13-12-21-10-11-25(34-3)26(15-21)35-4/h5-11,14-16,20H,12-13,17-19H2,1-4H3. The van der Waals surface area contributed by atoms with Crippen LogP contribution in [0.1, 0.15) is 35.5 Å². The number of amides is 2. The SMILES string of the molecule is COc1ccc(CCN(Cc2ccco2)C(=O)CN(CC(C)C)C(=O)c2cccc(F)c2)cc1OC. The summed E-state index contributed by atoms with van der Waals surface area (Å²) in [4.78, 5) is 29.8. The molecule has 0 fully saturated rings. The fourth-order valence-corrected chi connectivity index (χ4v) is 3.91. The summed E-state index contributed by atoms with van der Waals surface area (Å²) in [5, 5.41) is 0. The van der Waals surface area contributed by atoms with E-state index in [0.29, 0.717) is 36.8 Å². The third-order valence-electron chi connectivity index (χ3n) is 5.67. The quantitative estimate of drug-likeness (QED) is 0.360. The summed E-state index contributed by atoms with van der Waals surface area (Å²) < 4.78 is 29.9. The predicted octanol–water partition coefficient (Wildman–Crippen LogP) is 4.81. The van der Waals surface area contributed by atoms with Gasteiger partial charge in [0.05, 0.1) is 27.0 Å². The Labute approximate surface area is 211 Å². The van der Waals surface area contributed by atoms with Gasteiger partial charge >= 0.3 is 0 Å². The summed E-state index contributed by atoms with van der Waals surface area (Å²) in [6, 6.07) is 14.7. The zero-order valence-electron chi connectivity index (χ0n) is 21.2. The zero-order chi connectivity index (χ0) is 26.1. The van der Waals surface area contributed by atoms with Crippen molar-refractivity contribution < 1.29 is 27.9 Å². The van der Waals surface area contributed by atoms with E-state index < -0.39 is 5.82 Å². The molecule has 0 N–H and O–H groups in total. The van der Waals surface area contributed by atoms with Crippen molar-refractivity contribution >= 4 is 11.8 Å². The molecule has 1 heterocycles. The first kappa shape index (κ1) is 26.8. The number of rotatable bonds is 12. The topological polar surface area (TPSA) is 72.2 Å². The molecule has 1 aromatic heterocycles. The van der Waals surface area contributed by atoms with Crippen LogP contribution in [0.4, 0.5) is 4.39 Å². The number of halogens is 1. The molecule has 0 aliphatic rings. The summed E-state index contributed by atoms with van der Waals surface area (Å²) in [6.07, 6.45) is 2.12. The highest BCUT2D eigenvalue weighted by atomic mass is 19.1. The number of carbonyl (C=O) groups excluding carboxylic acids is 2. The second kappa shape index (κ2) is 12.8. The Morgan fingerprint density at radius 3 is 2.39 bits per heavy atom. The molecule has 36 heavy (non-hydrogen) atoms. The van der Waals surface area contributed by atoms with Crippen LogP contribution >= 0.6 is 0 Å². The first-order valence-corrected chi connectivity index (χ1v) is 11.9. The minimum Gasteiger partial charge on any atom is -0.493 e. The monoisotopic (exact) mass is 496 g/mol. The molecular weight excluding hydrogens is 463 g/mol. The Balaban J connectivity index is 1.78. The van der Waals surface area contributed by atoms with Crippen molar-refractivity contribution in [3.8, 4) is 11.5 Å². The summed E-state index contributed by atoms with van der Waals surface area (Å²) in [6.45, 7) is 4.84. The molecular formula is C28H33FN2O5. The van der Waals surface area contributed by atoms with Gasteiger partial charge in [-0.3, -0.25) is 9.59 Å². The van der Waals surface area contributed by atoms with Crippen LogP contribution in [0.5, 0.6) is 11.5 Å².